The third kappa shape index (κ3) is 4.16. The summed E-state index contributed by atoms with van der Waals surface area (Å²) in [6, 6.07) is 8.66. The zero-order chi connectivity index (χ0) is 15.2. The van der Waals surface area contributed by atoms with Crippen LogP contribution in [0.4, 0.5) is 8.78 Å². The highest BCUT2D eigenvalue weighted by Gasteiger charge is 2.11. The van der Waals surface area contributed by atoms with Crippen molar-refractivity contribution in [1.29, 1.82) is 0 Å². The molecule has 0 aliphatic carbocycles. The summed E-state index contributed by atoms with van der Waals surface area (Å²) >= 11 is 5.71. The van der Waals surface area contributed by atoms with Gasteiger partial charge in [0.2, 0.25) is 0 Å². The highest BCUT2D eigenvalue weighted by molar-refractivity contribution is 6.30. The van der Waals surface area contributed by atoms with Crippen LogP contribution in [0.15, 0.2) is 36.4 Å². The maximum absolute atomic E-state index is 13.9. The summed E-state index contributed by atoms with van der Waals surface area (Å²) in [7, 11) is 0. The fourth-order valence-electron chi connectivity index (χ4n) is 1.86. The molecule has 1 N–H and O–H groups in total. The van der Waals surface area contributed by atoms with E-state index in [0.29, 0.717) is 23.6 Å². The van der Waals surface area contributed by atoms with Gasteiger partial charge in [0.25, 0.3) is 0 Å². The van der Waals surface area contributed by atoms with E-state index in [9.17, 15) is 8.78 Å². The molecule has 0 unspecified atom stereocenters. The summed E-state index contributed by atoms with van der Waals surface area (Å²) in [6.07, 6.45) is 0.957. The maximum atomic E-state index is 13.9. The molecule has 2 aromatic rings. The van der Waals surface area contributed by atoms with Crippen molar-refractivity contribution >= 4 is 11.6 Å². The molecule has 2 nitrogen and oxygen atoms in total. The lowest BCUT2D eigenvalue weighted by atomic mass is 10.2. The van der Waals surface area contributed by atoms with Crippen LogP contribution in [0.25, 0.3) is 0 Å². The minimum absolute atomic E-state index is 0.0328. The van der Waals surface area contributed by atoms with E-state index in [1.165, 1.54) is 24.3 Å². The highest BCUT2D eigenvalue weighted by atomic mass is 35.5. The predicted octanol–water partition coefficient (Wildman–Crippen LogP) is 4.91. The molecule has 2 rings (SSSR count). The molecule has 0 aliphatic rings. The Morgan fingerprint density at radius 1 is 1.14 bits per heavy atom. The second-order valence-electron chi connectivity index (χ2n) is 4.57. The Morgan fingerprint density at radius 3 is 2.67 bits per heavy atom. The van der Waals surface area contributed by atoms with Crippen molar-refractivity contribution in [2.45, 2.75) is 19.9 Å². The predicted molar refractivity (Wildman–Crippen MR) is 79.9 cm³/mol. The van der Waals surface area contributed by atoms with E-state index in [-0.39, 0.29) is 10.8 Å². The van der Waals surface area contributed by atoms with Crippen LogP contribution in [0.5, 0.6) is 11.5 Å². The lowest BCUT2D eigenvalue weighted by Crippen LogP contribution is -2.15. The van der Waals surface area contributed by atoms with Gasteiger partial charge in [0.05, 0.1) is 5.02 Å². The van der Waals surface area contributed by atoms with E-state index in [4.69, 9.17) is 16.3 Å². The number of rotatable bonds is 6. The first-order valence-corrected chi connectivity index (χ1v) is 7.10. The smallest absolute Gasteiger partial charge is 0.142 e. The molecule has 5 heteroatoms. The van der Waals surface area contributed by atoms with Crippen LogP contribution < -0.4 is 10.1 Å². The van der Waals surface area contributed by atoms with Crippen LogP contribution in [0.1, 0.15) is 18.9 Å². The number of hydrogen-bond acceptors (Lipinski definition) is 2. The minimum Gasteiger partial charge on any atom is -0.457 e. The standard InChI is InChI=1S/C16H16ClF2NO/c1-2-8-20-10-12-14(18)4-3-5-16(12)21-11-6-7-15(19)13(17)9-11/h3-7,9,20H,2,8,10H2,1H3. The molecule has 0 heterocycles. The molecule has 0 aromatic heterocycles. The summed E-state index contributed by atoms with van der Waals surface area (Å²) < 4.78 is 32.7. The van der Waals surface area contributed by atoms with Crippen molar-refractivity contribution in [2.75, 3.05) is 6.54 Å². The SMILES string of the molecule is CCCNCc1c(F)cccc1Oc1ccc(F)c(Cl)c1. The van der Waals surface area contributed by atoms with E-state index in [1.807, 2.05) is 6.92 Å². The van der Waals surface area contributed by atoms with Gasteiger partial charge in [-0.1, -0.05) is 24.6 Å². The van der Waals surface area contributed by atoms with Gasteiger partial charge < -0.3 is 10.1 Å². The second kappa shape index (κ2) is 7.38. The first kappa shape index (κ1) is 15.7. The number of ether oxygens (including phenoxy) is 1. The Hall–Kier alpha value is -1.65. The van der Waals surface area contributed by atoms with Gasteiger partial charge in [0.1, 0.15) is 23.1 Å². The summed E-state index contributed by atoms with van der Waals surface area (Å²) in [5, 5.41) is 3.10. The molecule has 0 saturated heterocycles. The summed E-state index contributed by atoms with van der Waals surface area (Å²) in [5.41, 5.74) is 0.436. The normalized spacial score (nSPS) is 10.7. The lowest BCUT2D eigenvalue weighted by Gasteiger charge is -2.13. The van der Waals surface area contributed by atoms with E-state index in [0.717, 1.165) is 13.0 Å². The molecule has 0 bridgehead atoms. The third-order valence-corrected chi connectivity index (χ3v) is 3.21. The van der Waals surface area contributed by atoms with Crippen molar-refractivity contribution < 1.29 is 13.5 Å². The van der Waals surface area contributed by atoms with Crippen LogP contribution in [-0.4, -0.2) is 6.54 Å². The van der Waals surface area contributed by atoms with E-state index >= 15 is 0 Å². The number of nitrogens with one attached hydrogen (secondary N) is 1. The molecule has 0 atom stereocenters. The monoisotopic (exact) mass is 311 g/mol. The summed E-state index contributed by atoms with van der Waals surface area (Å²) in [6.45, 7) is 3.19. The van der Waals surface area contributed by atoms with Gasteiger partial charge in [-0.25, -0.2) is 8.78 Å². The van der Waals surface area contributed by atoms with Crippen LogP contribution in [0.3, 0.4) is 0 Å². The second-order valence-corrected chi connectivity index (χ2v) is 4.98. The fourth-order valence-corrected chi connectivity index (χ4v) is 2.03. The molecular weight excluding hydrogens is 296 g/mol. The Balaban J connectivity index is 2.22. The molecule has 0 amide bonds. The number of benzene rings is 2. The Bertz CT molecular complexity index is 619. The van der Waals surface area contributed by atoms with Crippen molar-refractivity contribution in [3.05, 3.63) is 58.6 Å². The summed E-state index contributed by atoms with van der Waals surface area (Å²) in [4.78, 5) is 0. The molecule has 0 aliphatic heterocycles. The molecule has 2 aromatic carbocycles. The number of hydrogen-bond donors (Lipinski definition) is 1. The average Bonchev–Trinajstić information content (AvgIpc) is 2.46. The fraction of sp³-hybridized carbons (Fsp3) is 0.250. The van der Waals surface area contributed by atoms with E-state index in [1.54, 1.807) is 12.1 Å². The largest absolute Gasteiger partial charge is 0.457 e. The van der Waals surface area contributed by atoms with Crippen LogP contribution in [0, 0.1) is 11.6 Å². The molecule has 0 saturated carbocycles. The van der Waals surface area contributed by atoms with Crippen LogP contribution in [0.2, 0.25) is 5.02 Å². The first-order chi connectivity index (χ1) is 10.1. The van der Waals surface area contributed by atoms with Crippen LogP contribution >= 0.6 is 11.6 Å². The van der Waals surface area contributed by atoms with Gasteiger partial charge in [0.15, 0.2) is 0 Å². The zero-order valence-corrected chi connectivity index (χ0v) is 12.4. The van der Waals surface area contributed by atoms with Crippen molar-refractivity contribution in [2.24, 2.45) is 0 Å². The average molecular weight is 312 g/mol. The van der Waals surface area contributed by atoms with Crippen molar-refractivity contribution in [3.8, 4) is 11.5 Å². The molecule has 21 heavy (non-hydrogen) atoms. The zero-order valence-electron chi connectivity index (χ0n) is 11.6. The molecule has 112 valence electrons. The molecular formula is C16H16ClF2NO. The van der Waals surface area contributed by atoms with E-state index in [2.05, 4.69) is 5.32 Å². The maximum Gasteiger partial charge on any atom is 0.142 e. The molecule has 0 radical (unpaired) electrons. The van der Waals surface area contributed by atoms with Crippen LogP contribution in [-0.2, 0) is 6.54 Å². The van der Waals surface area contributed by atoms with Gasteiger partial charge in [-0.05, 0) is 37.2 Å². The first-order valence-electron chi connectivity index (χ1n) is 6.73. The van der Waals surface area contributed by atoms with Gasteiger partial charge in [-0.2, -0.15) is 0 Å². The highest BCUT2D eigenvalue weighted by Crippen LogP contribution is 2.29. The van der Waals surface area contributed by atoms with Gasteiger partial charge in [-0.15, -0.1) is 0 Å². The van der Waals surface area contributed by atoms with Gasteiger partial charge >= 0.3 is 0 Å². The molecule has 0 fully saturated rings. The van der Waals surface area contributed by atoms with Crippen molar-refractivity contribution in [1.82, 2.24) is 5.32 Å². The van der Waals surface area contributed by atoms with Gasteiger partial charge in [0, 0.05) is 18.2 Å². The summed E-state index contributed by atoms with van der Waals surface area (Å²) in [5.74, 6) is -0.109. The van der Waals surface area contributed by atoms with E-state index < -0.39 is 5.82 Å². The quantitative estimate of drug-likeness (QED) is 0.765. The topological polar surface area (TPSA) is 21.3 Å². The Morgan fingerprint density at radius 2 is 1.95 bits per heavy atom. The Kier molecular flexibility index (Phi) is 5.53. The Labute approximate surface area is 127 Å². The number of halogens is 3. The minimum atomic E-state index is -0.520. The van der Waals surface area contributed by atoms with Gasteiger partial charge in [-0.3, -0.25) is 0 Å². The van der Waals surface area contributed by atoms with Crippen molar-refractivity contribution in [3.63, 3.8) is 0 Å². The third-order valence-electron chi connectivity index (χ3n) is 2.92. The molecule has 0 spiro atoms. The lowest BCUT2D eigenvalue weighted by molar-refractivity contribution is 0.460.